The minimum Gasteiger partial charge on any atom is -0.488 e. The standard InChI is InChI=1S/C28H26N2O4S/c1-18-8-6-10-21(14-18)17-34-24-13-5-4-11-22(24)15-25-27(32)30(28(33)35-25)16-26(31)29-23-12-7-9-19(2)20(23)3/h4-15H,16-17H2,1-3H3,(H,29,31)/b25-15+. The van der Waals surface area contributed by atoms with Crippen LogP contribution in [0.15, 0.2) is 71.6 Å². The number of carbonyl (C=O) groups excluding carboxylic acids is 3. The van der Waals surface area contributed by atoms with Crippen molar-refractivity contribution in [1.82, 2.24) is 4.90 Å². The van der Waals surface area contributed by atoms with Crippen LogP contribution in [0.2, 0.25) is 0 Å². The fourth-order valence-electron chi connectivity index (χ4n) is 3.69. The maximum atomic E-state index is 13.0. The molecule has 0 radical (unpaired) electrons. The molecule has 1 N–H and O–H groups in total. The van der Waals surface area contributed by atoms with Gasteiger partial charge in [0, 0.05) is 11.3 Å². The summed E-state index contributed by atoms with van der Waals surface area (Å²) in [4.78, 5) is 39.3. The van der Waals surface area contributed by atoms with Crippen molar-refractivity contribution in [1.29, 1.82) is 0 Å². The van der Waals surface area contributed by atoms with Gasteiger partial charge < -0.3 is 10.1 Å². The number of carbonyl (C=O) groups is 3. The van der Waals surface area contributed by atoms with Crippen molar-refractivity contribution in [2.75, 3.05) is 11.9 Å². The predicted molar refractivity (Wildman–Crippen MR) is 139 cm³/mol. The van der Waals surface area contributed by atoms with Gasteiger partial charge in [0.15, 0.2) is 0 Å². The summed E-state index contributed by atoms with van der Waals surface area (Å²) in [5, 5.41) is 2.32. The van der Waals surface area contributed by atoms with Crippen LogP contribution in [0, 0.1) is 20.8 Å². The lowest BCUT2D eigenvalue weighted by Gasteiger charge is -2.14. The van der Waals surface area contributed by atoms with Crippen molar-refractivity contribution < 1.29 is 19.1 Å². The second-order valence-electron chi connectivity index (χ2n) is 8.38. The Morgan fingerprint density at radius 2 is 1.77 bits per heavy atom. The van der Waals surface area contributed by atoms with Crippen LogP contribution in [0.4, 0.5) is 10.5 Å². The van der Waals surface area contributed by atoms with Crippen molar-refractivity contribution in [3.8, 4) is 5.75 Å². The van der Waals surface area contributed by atoms with Gasteiger partial charge in [0.25, 0.3) is 11.1 Å². The number of hydrogen-bond acceptors (Lipinski definition) is 5. The summed E-state index contributed by atoms with van der Waals surface area (Å²) in [7, 11) is 0. The van der Waals surface area contributed by atoms with Crippen LogP contribution in [0.5, 0.6) is 5.75 Å². The molecule has 4 rings (SSSR count). The van der Waals surface area contributed by atoms with E-state index < -0.39 is 17.1 Å². The molecular weight excluding hydrogens is 460 g/mol. The first-order valence-corrected chi connectivity index (χ1v) is 12.0. The van der Waals surface area contributed by atoms with Crippen LogP contribution in [0.1, 0.15) is 27.8 Å². The van der Waals surface area contributed by atoms with E-state index in [0.29, 0.717) is 23.6 Å². The minimum absolute atomic E-state index is 0.251. The van der Waals surface area contributed by atoms with Crippen molar-refractivity contribution >= 4 is 40.6 Å². The number of nitrogens with one attached hydrogen (secondary N) is 1. The summed E-state index contributed by atoms with van der Waals surface area (Å²) in [6.07, 6.45) is 1.64. The fraction of sp³-hybridized carbons (Fsp3) is 0.179. The Bertz CT molecular complexity index is 1330. The van der Waals surface area contributed by atoms with Gasteiger partial charge in [0.2, 0.25) is 5.91 Å². The highest BCUT2D eigenvalue weighted by atomic mass is 32.2. The molecule has 3 amide bonds. The number of benzene rings is 3. The highest BCUT2D eigenvalue weighted by molar-refractivity contribution is 8.18. The number of aryl methyl sites for hydroxylation is 2. The van der Waals surface area contributed by atoms with E-state index in [9.17, 15) is 14.4 Å². The Labute approximate surface area is 209 Å². The van der Waals surface area contributed by atoms with E-state index >= 15 is 0 Å². The summed E-state index contributed by atoms with van der Waals surface area (Å²) in [5.41, 5.74) is 5.52. The number of imide groups is 1. The number of anilines is 1. The molecule has 35 heavy (non-hydrogen) atoms. The van der Waals surface area contributed by atoms with Gasteiger partial charge in [-0.25, -0.2) is 0 Å². The topological polar surface area (TPSA) is 75.7 Å². The molecule has 1 fully saturated rings. The molecule has 0 aliphatic carbocycles. The van der Waals surface area contributed by atoms with Gasteiger partial charge in [0.1, 0.15) is 18.9 Å². The van der Waals surface area contributed by atoms with E-state index in [4.69, 9.17) is 4.74 Å². The largest absolute Gasteiger partial charge is 0.488 e. The molecule has 1 heterocycles. The highest BCUT2D eigenvalue weighted by Gasteiger charge is 2.36. The van der Waals surface area contributed by atoms with Gasteiger partial charge in [-0.15, -0.1) is 0 Å². The van der Waals surface area contributed by atoms with E-state index in [-0.39, 0.29) is 11.4 Å². The van der Waals surface area contributed by atoms with E-state index in [1.165, 1.54) is 0 Å². The number of nitrogens with zero attached hydrogens (tertiary/aromatic N) is 1. The van der Waals surface area contributed by atoms with Gasteiger partial charge in [-0.05, 0) is 67.4 Å². The average Bonchev–Trinajstić information content (AvgIpc) is 3.09. The van der Waals surface area contributed by atoms with Gasteiger partial charge >= 0.3 is 0 Å². The highest BCUT2D eigenvalue weighted by Crippen LogP contribution is 2.34. The lowest BCUT2D eigenvalue weighted by molar-refractivity contribution is -0.127. The van der Waals surface area contributed by atoms with Crippen LogP contribution in [-0.4, -0.2) is 28.5 Å². The second-order valence-corrected chi connectivity index (χ2v) is 9.37. The Balaban J connectivity index is 1.46. The zero-order chi connectivity index (χ0) is 24.9. The monoisotopic (exact) mass is 486 g/mol. The molecule has 0 aromatic heterocycles. The summed E-state index contributed by atoms with van der Waals surface area (Å²) >= 11 is 0.819. The van der Waals surface area contributed by atoms with Crippen LogP contribution < -0.4 is 10.1 Å². The van der Waals surface area contributed by atoms with Crippen LogP contribution in [-0.2, 0) is 16.2 Å². The average molecular weight is 487 g/mol. The molecule has 178 valence electrons. The third kappa shape index (κ3) is 5.81. The summed E-state index contributed by atoms with van der Waals surface area (Å²) < 4.78 is 6.00. The molecule has 1 aliphatic heterocycles. The zero-order valence-corrected chi connectivity index (χ0v) is 20.6. The predicted octanol–water partition coefficient (Wildman–Crippen LogP) is 5.87. The lowest BCUT2D eigenvalue weighted by Crippen LogP contribution is -2.36. The van der Waals surface area contributed by atoms with Gasteiger partial charge in [-0.2, -0.15) is 0 Å². The molecular formula is C28H26N2O4S. The molecule has 0 saturated carbocycles. The molecule has 0 spiro atoms. The van der Waals surface area contributed by atoms with Gasteiger partial charge in [0.05, 0.1) is 4.91 Å². The Hall–Kier alpha value is -3.84. The third-order valence-corrected chi connectivity index (χ3v) is 6.64. The Morgan fingerprint density at radius 1 is 1.00 bits per heavy atom. The number of amides is 3. The fourth-order valence-corrected chi connectivity index (χ4v) is 4.52. The van der Waals surface area contributed by atoms with Crippen molar-refractivity contribution in [3.05, 3.63) is 99.5 Å². The quantitative estimate of drug-likeness (QED) is 0.423. The van der Waals surface area contributed by atoms with Crippen LogP contribution in [0.3, 0.4) is 0 Å². The molecule has 6 nitrogen and oxygen atoms in total. The first-order valence-electron chi connectivity index (χ1n) is 11.2. The number of ether oxygens (including phenoxy) is 1. The summed E-state index contributed by atoms with van der Waals surface area (Å²) in [6.45, 7) is 5.92. The van der Waals surface area contributed by atoms with Gasteiger partial charge in [-0.3, -0.25) is 19.3 Å². The van der Waals surface area contributed by atoms with E-state index in [1.807, 2.05) is 75.4 Å². The minimum atomic E-state index is -0.496. The molecule has 1 aliphatic rings. The summed E-state index contributed by atoms with van der Waals surface area (Å²) in [5.74, 6) is -0.317. The molecule has 0 unspecified atom stereocenters. The van der Waals surface area contributed by atoms with Crippen molar-refractivity contribution in [2.24, 2.45) is 0 Å². The third-order valence-electron chi connectivity index (χ3n) is 5.74. The molecule has 7 heteroatoms. The Kier molecular flexibility index (Phi) is 7.36. The van der Waals surface area contributed by atoms with Crippen LogP contribution >= 0.6 is 11.8 Å². The zero-order valence-electron chi connectivity index (χ0n) is 19.8. The molecule has 3 aromatic rings. The molecule has 3 aromatic carbocycles. The first-order chi connectivity index (χ1) is 16.8. The maximum Gasteiger partial charge on any atom is 0.294 e. The number of para-hydroxylation sites is 1. The smallest absolute Gasteiger partial charge is 0.294 e. The normalized spacial score (nSPS) is 14.5. The Morgan fingerprint density at radius 3 is 2.57 bits per heavy atom. The number of hydrogen-bond donors (Lipinski definition) is 1. The van der Waals surface area contributed by atoms with E-state index in [2.05, 4.69) is 11.4 Å². The molecule has 1 saturated heterocycles. The van der Waals surface area contributed by atoms with E-state index in [0.717, 1.165) is 38.9 Å². The lowest BCUT2D eigenvalue weighted by atomic mass is 10.1. The molecule has 0 bridgehead atoms. The van der Waals surface area contributed by atoms with Crippen LogP contribution in [0.25, 0.3) is 6.08 Å². The van der Waals surface area contributed by atoms with Crippen molar-refractivity contribution in [3.63, 3.8) is 0 Å². The van der Waals surface area contributed by atoms with Gasteiger partial charge in [-0.1, -0.05) is 60.2 Å². The summed E-state index contributed by atoms with van der Waals surface area (Å²) in [6, 6.07) is 21.0. The van der Waals surface area contributed by atoms with Crippen molar-refractivity contribution in [2.45, 2.75) is 27.4 Å². The second kappa shape index (κ2) is 10.6. The van der Waals surface area contributed by atoms with E-state index in [1.54, 1.807) is 12.1 Å². The maximum absolute atomic E-state index is 13.0. The first kappa shape index (κ1) is 24.3. The number of thioether (sulfide) groups is 1. The number of rotatable bonds is 7. The SMILES string of the molecule is Cc1cccc(COc2ccccc2/C=C2/SC(=O)N(CC(=O)Nc3cccc(C)c3C)C2=O)c1. The molecule has 0 atom stereocenters.